The molecule has 1 aromatic heterocycles. The monoisotopic (exact) mass is 297 g/mol. The summed E-state index contributed by atoms with van der Waals surface area (Å²) in [6, 6.07) is 14.0. The van der Waals surface area contributed by atoms with Gasteiger partial charge in [0.15, 0.2) is 0 Å². The molecule has 0 saturated carbocycles. The van der Waals surface area contributed by atoms with E-state index in [9.17, 15) is 0 Å². The summed E-state index contributed by atoms with van der Waals surface area (Å²) < 4.78 is 6.03. The Hall–Kier alpha value is -2.33. The SMILES string of the molecule is C/C(=N\O)c1ccc2ccccc2c1OCc1ccsc1. The van der Waals surface area contributed by atoms with E-state index in [1.807, 2.05) is 47.8 Å². The van der Waals surface area contributed by atoms with E-state index in [2.05, 4.69) is 10.5 Å². The van der Waals surface area contributed by atoms with Crippen molar-refractivity contribution in [2.24, 2.45) is 5.16 Å². The lowest BCUT2D eigenvalue weighted by atomic mass is 10.0. The number of oxime groups is 1. The van der Waals surface area contributed by atoms with Gasteiger partial charge in [-0.1, -0.05) is 35.5 Å². The summed E-state index contributed by atoms with van der Waals surface area (Å²) in [6.07, 6.45) is 0. The van der Waals surface area contributed by atoms with Crippen LogP contribution in [0.5, 0.6) is 5.75 Å². The average molecular weight is 297 g/mol. The number of rotatable bonds is 4. The van der Waals surface area contributed by atoms with Gasteiger partial charge >= 0.3 is 0 Å². The molecule has 0 amide bonds. The molecule has 106 valence electrons. The van der Waals surface area contributed by atoms with Crippen LogP contribution in [0.15, 0.2) is 58.4 Å². The Bertz CT molecular complexity index is 779. The van der Waals surface area contributed by atoms with Crippen LogP contribution < -0.4 is 4.74 Å². The van der Waals surface area contributed by atoms with E-state index < -0.39 is 0 Å². The third kappa shape index (κ3) is 2.76. The second kappa shape index (κ2) is 5.97. The maximum atomic E-state index is 9.07. The molecule has 21 heavy (non-hydrogen) atoms. The second-order valence-electron chi connectivity index (χ2n) is 4.77. The van der Waals surface area contributed by atoms with Gasteiger partial charge in [0, 0.05) is 10.9 Å². The zero-order chi connectivity index (χ0) is 14.7. The van der Waals surface area contributed by atoms with Crippen LogP contribution in [0.4, 0.5) is 0 Å². The van der Waals surface area contributed by atoms with E-state index in [-0.39, 0.29) is 0 Å². The van der Waals surface area contributed by atoms with Gasteiger partial charge in [-0.15, -0.1) is 0 Å². The van der Waals surface area contributed by atoms with Crippen molar-refractivity contribution in [3.05, 3.63) is 64.4 Å². The van der Waals surface area contributed by atoms with Gasteiger partial charge in [-0.25, -0.2) is 0 Å². The standard InChI is InChI=1S/C17H15NO2S/c1-12(18-19)15-7-6-14-4-2-3-5-16(14)17(15)20-10-13-8-9-21-11-13/h2-9,11,19H,10H2,1H3/b18-12+. The first kappa shape index (κ1) is 13.6. The molecular formula is C17H15NO2S. The lowest BCUT2D eigenvalue weighted by Crippen LogP contribution is -2.03. The number of hydrogen-bond donors (Lipinski definition) is 1. The van der Waals surface area contributed by atoms with Crippen molar-refractivity contribution in [1.82, 2.24) is 0 Å². The van der Waals surface area contributed by atoms with Crippen LogP contribution in [-0.2, 0) is 6.61 Å². The van der Waals surface area contributed by atoms with Crippen molar-refractivity contribution in [1.29, 1.82) is 0 Å². The molecule has 4 heteroatoms. The molecule has 3 rings (SSSR count). The van der Waals surface area contributed by atoms with Crippen LogP contribution >= 0.6 is 11.3 Å². The van der Waals surface area contributed by atoms with Crippen molar-refractivity contribution < 1.29 is 9.94 Å². The molecule has 1 heterocycles. The van der Waals surface area contributed by atoms with Gasteiger partial charge in [0.2, 0.25) is 0 Å². The molecule has 0 unspecified atom stereocenters. The quantitative estimate of drug-likeness (QED) is 0.431. The Balaban J connectivity index is 2.07. The van der Waals surface area contributed by atoms with Crippen LogP contribution in [0.1, 0.15) is 18.1 Å². The molecule has 1 N–H and O–H groups in total. The highest BCUT2D eigenvalue weighted by atomic mass is 32.1. The molecule has 0 radical (unpaired) electrons. The van der Waals surface area contributed by atoms with Gasteiger partial charge in [-0.3, -0.25) is 0 Å². The van der Waals surface area contributed by atoms with Gasteiger partial charge in [0.05, 0.1) is 5.71 Å². The lowest BCUT2D eigenvalue weighted by Gasteiger charge is -2.13. The van der Waals surface area contributed by atoms with Crippen LogP contribution in [-0.4, -0.2) is 10.9 Å². The highest BCUT2D eigenvalue weighted by molar-refractivity contribution is 7.07. The van der Waals surface area contributed by atoms with Gasteiger partial charge in [0.1, 0.15) is 12.4 Å². The summed E-state index contributed by atoms with van der Waals surface area (Å²) >= 11 is 1.65. The largest absolute Gasteiger partial charge is 0.488 e. The Labute approximate surface area is 127 Å². The van der Waals surface area contributed by atoms with Gasteiger partial charge < -0.3 is 9.94 Å². The zero-order valence-electron chi connectivity index (χ0n) is 11.6. The van der Waals surface area contributed by atoms with E-state index in [0.29, 0.717) is 12.3 Å². The summed E-state index contributed by atoms with van der Waals surface area (Å²) in [5, 5.41) is 18.6. The molecule has 0 atom stereocenters. The zero-order valence-corrected chi connectivity index (χ0v) is 12.4. The fourth-order valence-electron chi connectivity index (χ4n) is 2.27. The van der Waals surface area contributed by atoms with E-state index in [1.54, 1.807) is 18.3 Å². The van der Waals surface area contributed by atoms with Gasteiger partial charge in [-0.2, -0.15) is 11.3 Å². The van der Waals surface area contributed by atoms with Crippen molar-refractivity contribution in [2.75, 3.05) is 0 Å². The predicted molar refractivity (Wildman–Crippen MR) is 86.6 cm³/mol. The number of hydrogen-bond acceptors (Lipinski definition) is 4. The van der Waals surface area contributed by atoms with Gasteiger partial charge in [0.25, 0.3) is 0 Å². The lowest BCUT2D eigenvalue weighted by molar-refractivity contribution is 0.307. The van der Waals surface area contributed by atoms with E-state index >= 15 is 0 Å². The Kier molecular flexibility index (Phi) is 3.88. The molecule has 2 aromatic carbocycles. The van der Waals surface area contributed by atoms with Crippen LogP contribution in [0, 0.1) is 0 Å². The molecule has 0 aliphatic rings. The summed E-state index contributed by atoms with van der Waals surface area (Å²) in [5.74, 6) is 0.759. The smallest absolute Gasteiger partial charge is 0.136 e. The van der Waals surface area contributed by atoms with E-state index in [4.69, 9.17) is 9.94 Å². The number of ether oxygens (including phenoxy) is 1. The van der Waals surface area contributed by atoms with E-state index in [0.717, 1.165) is 27.6 Å². The Morgan fingerprint density at radius 3 is 2.81 bits per heavy atom. The minimum atomic E-state index is 0.503. The highest BCUT2D eigenvalue weighted by Crippen LogP contribution is 2.31. The van der Waals surface area contributed by atoms with Gasteiger partial charge in [-0.05, 0) is 40.8 Å². The fourth-order valence-corrected chi connectivity index (χ4v) is 2.92. The fraction of sp³-hybridized carbons (Fsp3) is 0.118. The normalized spacial score (nSPS) is 11.8. The van der Waals surface area contributed by atoms with Crippen molar-refractivity contribution in [2.45, 2.75) is 13.5 Å². The van der Waals surface area contributed by atoms with Crippen LogP contribution in [0.2, 0.25) is 0 Å². The minimum absolute atomic E-state index is 0.503. The summed E-state index contributed by atoms with van der Waals surface area (Å²) in [4.78, 5) is 0. The average Bonchev–Trinajstić information content (AvgIpc) is 3.05. The number of thiophene rings is 1. The molecular weight excluding hydrogens is 282 g/mol. The Morgan fingerprint density at radius 2 is 2.05 bits per heavy atom. The Morgan fingerprint density at radius 1 is 1.19 bits per heavy atom. The molecule has 0 bridgehead atoms. The van der Waals surface area contributed by atoms with Crippen molar-refractivity contribution >= 4 is 27.8 Å². The molecule has 0 aliphatic heterocycles. The number of benzene rings is 2. The second-order valence-corrected chi connectivity index (χ2v) is 5.55. The first-order valence-corrected chi connectivity index (χ1v) is 7.58. The first-order chi connectivity index (χ1) is 10.3. The topological polar surface area (TPSA) is 41.8 Å². The van der Waals surface area contributed by atoms with Crippen LogP contribution in [0.3, 0.4) is 0 Å². The molecule has 0 aliphatic carbocycles. The molecule has 0 saturated heterocycles. The minimum Gasteiger partial charge on any atom is -0.488 e. The molecule has 0 spiro atoms. The maximum absolute atomic E-state index is 9.07. The molecule has 3 aromatic rings. The van der Waals surface area contributed by atoms with Crippen LogP contribution in [0.25, 0.3) is 10.8 Å². The summed E-state index contributed by atoms with van der Waals surface area (Å²) in [7, 11) is 0. The number of fused-ring (bicyclic) bond motifs is 1. The van der Waals surface area contributed by atoms with E-state index in [1.165, 1.54) is 0 Å². The number of nitrogens with zero attached hydrogens (tertiary/aromatic N) is 1. The summed E-state index contributed by atoms with van der Waals surface area (Å²) in [6.45, 7) is 2.27. The molecule has 0 fully saturated rings. The third-order valence-electron chi connectivity index (χ3n) is 3.38. The van der Waals surface area contributed by atoms with Crippen molar-refractivity contribution in [3.8, 4) is 5.75 Å². The predicted octanol–water partition coefficient (Wildman–Crippen LogP) is 4.68. The summed E-state index contributed by atoms with van der Waals surface area (Å²) in [5.41, 5.74) is 2.49. The highest BCUT2D eigenvalue weighted by Gasteiger charge is 2.12. The molecule has 3 nitrogen and oxygen atoms in total. The maximum Gasteiger partial charge on any atom is 0.136 e. The van der Waals surface area contributed by atoms with Crippen molar-refractivity contribution in [3.63, 3.8) is 0 Å². The first-order valence-electron chi connectivity index (χ1n) is 6.64. The third-order valence-corrected chi connectivity index (χ3v) is 4.11.